The van der Waals surface area contributed by atoms with Crippen LogP contribution in [0.4, 0.5) is 8.78 Å². The van der Waals surface area contributed by atoms with E-state index in [9.17, 15) is 24.3 Å². The molecule has 240 valence electrons. The van der Waals surface area contributed by atoms with Crippen molar-refractivity contribution >= 4 is 23.5 Å². The van der Waals surface area contributed by atoms with Gasteiger partial charge in [0, 0.05) is 30.7 Å². The lowest BCUT2D eigenvalue weighted by atomic mass is 9.45. The van der Waals surface area contributed by atoms with E-state index in [-0.39, 0.29) is 48.5 Å². The second-order valence-corrected chi connectivity index (χ2v) is 13.3. The topological polar surface area (TPSA) is 110 Å². The van der Waals surface area contributed by atoms with Crippen LogP contribution in [0.2, 0.25) is 0 Å². The molecule has 44 heavy (non-hydrogen) atoms. The van der Waals surface area contributed by atoms with Gasteiger partial charge in [0.2, 0.25) is 0 Å². The maximum atomic E-state index is 16.8. The Morgan fingerprint density at radius 3 is 2.48 bits per heavy atom. The van der Waals surface area contributed by atoms with Crippen LogP contribution in [0, 0.1) is 28.6 Å². The number of carbonyl (C=O) groups excluding carboxylic acids is 4. The summed E-state index contributed by atoms with van der Waals surface area (Å²) in [5.74, 6) is -3.01. The van der Waals surface area contributed by atoms with E-state index in [2.05, 4.69) is 9.64 Å². The number of nitrogens with zero attached hydrogens (tertiary/aromatic N) is 1. The van der Waals surface area contributed by atoms with Gasteiger partial charge in [-0.05, 0) is 93.5 Å². The number of rotatable bonds is 6. The number of esters is 2. The third kappa shape index (κ3) is 5.90. The van der Waals surface area contributed by atoms with E-state index in [1.165, 1.54) is 32.3 Å². The molecule has 3 fully saturated rings. The zero-order valence-corrected chi connectivity index (χ0v) is 26.3. The van der Waals surface area contributed by atoms with Crippen LogP contribution in [0.3, 0.4) is 0 Å². The maximum absolute atomic E-state index is 16.8. The Morgan fingerprint density at radius 2 is 1.84 bits per heavy atom. The van der Waals surface area contributed by atoms with Crippen LogP contribution in [0.25, 0.3) is 0 Å². The monoisotopic (exact) mass is 615 g/mol. The first-order valence-electron chi connectivity index (χ1n) is 15.0. The lowest BCUT2D eigenvalue weighted by Gasteiger charge is -2.62. The lowest BCUT2D eigenvalue weighted by molar-refractivity contribution is -0.202. The molecule has 1 aromatic carbocycles. The van der Waals surface area contributed by atoms with E-state index >= 15 is 8.78 Å². The number of hydrogen-bond acceptors (Lipinski definition) is 8. The number of allylic oxidation sites excluding steroid dienone is 4. The number of hydrogen-bond donors (Lipinski definition) is 1. The Labute approximate surface area is 257 Å². The molecule has 8 nitrogen and oxygen atoms in total. The van der Waals surface area contributed by atoms with Gasteiger partial charge in [-0.15, -0.1) is 0 Å². The smallest absolute Gasteiger partial charge is 0.337 e. The highest BCUT2D eigenvalue weighted by Crippen LogP contribution is 2.69. The highest BCUT2D eigenvalue weighted by atomic mass is 19.1. The normalized spacial score (nSPS) is 35.4. The molecule has 1 aromatic rings. The number of aliphatic hydroxyl groups excluding tert-OH is 1. The second kappa shape index (κ2) is 12.6. The van der Waals surface area contributed by atoms with Gasteiger partial charge in [-0.3, -0.25) is 14.4 Å². The van der Waals surface area contributed by atoms with Crippen LogP contribution in [0.15, 0.2) is 48.1 Å². The molecule has 0 radical (unpaired) electrons. The molecule has 1 N–H and O–H groups in total. The molecule has 0 bridgehead atoms. The number of ketones is 2. The number of carbonyl (C=O) groups is 4. The standard InChI is InChI=1S/C23H28F2O5.C11H15NO2/c1-12(26)30-11-19(28)15-5-4-14-16-9-18(24)17-8-13(27)6-7-22(17,3)23(16,25)20(29)10-21(14,15)2;1-12(2)8-9-5-4-6-10(7-9)11(13)14-3/h6-8,14-16,18,20,29H,4-5,9-11H2,1-3H3;4-7H,8H2,1-3H3/t14?,15?,16-,18-,20-,21-,22-,23-;/m0./s1. The lowest BCUT2D eigenvalue weighted by Crippen LogP contribution is -2.68. The first kappa shape index (κ1) is 33.6. The van der Waals surface area contributed by atoms with Gasteiger partial charge >= 0.3 is 11.9 Å². The van der Waals surface area contributed by atoms with Crippen LogP contribution in [-0.4, -0.2) is 79.3 Å². The minimum absolute atomic E-state index is 0.0583. The number of aliphatic hydroxyl groups is 1. The van der Waals surface area contributed by atoms with Crippen molar-refractivity contribution in [2.75, 3.05) is 27.8 Å². The van der Waals surface area contributed by atoms with E-state index in [1.807, 2.05) is 39.2 Å². The van der Waals surface area contributed by atoms with Crippen molar-refractivity contribution in [3.8, 4) is 0 Å². The minimum atomic E-state index is -2.13. The van der Waals surface area contributed by atoms with Crippen LogP contribution < -0.4 is 0 Å². The zero-order valence-electron chi connectivity index (χ0n) is 26.3. The number of fused-ring (bicyclic) bond motifs is 5. The number of Topliss-reactive ketones (excluding diaryl/α,β-unsaturated/α-hetero) is 1. The molecule has 8 atom stereocenters. The summed E-state index contributed by atoms with van der Waals surface area (Å²) in [6, 6.07) is 7.47. The van der Waals surface area contributed by atoms with Crippen molar-refractivity contribution in [2.45, 2.75) is 70.9 Å². The third-order valence-electron chi connectivity index (χ3n) is 10.3. The average molecular weight is 616 g/mol. The quantitative estimate of drug-likeness (QED) is 0.463. The fraction of sp³-hybridized carbons (Fsp3) is 0.588. The maximum Gasteiger partial charge on any atom is 0.337 e. The first-order valence-corrected chi connectivity index (χ1v) is 15.0. The summed E-state index contributed by atoms with van der Waals surface area (Å²) in [6.07, 6.45) is 1.90. The van der Waals surface area contributed by atoms with E-state index in [0.717, 1.165) is 12.1 Å². The Bertz CT molecular complexity index is 1370. The molecule has 5 rings (SSSR count). The Hall–Kier alpha value is -3.24. The number of methoxy groups -OCH3 is 1. The highest BCUT2D eigenvalue weighted by Gasteiger charge is 2.72. The first-order chi connectivity index (χ1) is 20.6. The van der Waals surface area contributed by atoms with Crippen LogP contribution in [-0.2, 0) is 30.4 Å². The van der Waals surface area contributed by atoms with Crippen molar-refractivity contribution in [3.05, 3.63) is 59.2 Å². The fourth-order valence-electron chi connectivity index (χ4n) is 8.28. The fourth-order valence-corrected chi connectivity index (χ4v) is 8.28. The second-order valence-electron chi connectivity index (χ2n) is 13.3. The highest BCUT2D eigenvalue weighted by molar-refractivity contribution is 6.01. The Kier molecular flexibility index (Phi) is 9.66. The molecule has 0 heterocycles. The summed E-state index contributed by atoms with van der Waals surface area (Å²) < 4.78 is 41.6. The molecule has 2 unspecified atom stereocenters. The largest absolute Gasteiger partial charge is 0.465 e. The summed E-state index contributed by atoms with van der Waals surface area (Å²) in [5, 5.41) is 11.1. The molecule has 3 saturated carbocycles. The van der Waals surface area contributed by atoms with Crippen molar-refractivity contribution in [1.82, 2.24) is 4.90 Å². The molecular formula is C34H43F2NO7. The molecule has 0 saturated heterocycles. The van der Waals surface area contributed by atoms with Crippen molar-refractivity contribution in [1.29, 1.82) is 0 Å². The number of alkyl halides is 2. The summed E-state index contributed by atoms with van der Waals surface area (Å²) >= 11 is 0. The van der Waals surface area contributed by atoms with Gasteiger partial charge in [-0.2, -0.15) is 0 Å². The van der Waals surface area contributed by atoms with E-state index in [4.69, 9.17) is 4.74 Å². The number of halogens is 2. The van der Waals surface area contributed by atoms with Gasteiger partial charge < -0.3 is 19.5 Å². The zero-order chi connectivity index (χ0) is 32.6. The Morgan fingerprint density at radius 1 is 1.14 bits per heavy atom. The summed E-state index contributed by atoms with van der Waals surface area (Å²) in [7, 11) is 5.37. The minimum Gasteiger partial charge on any atom is -0.465 e. The molecule has 0 aliphatic heterocycles. The van der Waals surface area contributed by atoms with Gasteiger partial charge in [0.05, 0.1) is 18.8 Å². The van der Waals surface area contributed by atoms with Crippen molar-refractivity contribution < 1.29 is 42.5 Å². The van der Waals surface area contributed by atoms with E-state index < -0.39 is 46.6 Å². The number of ether oxygens (including phenoxy) is 2. The van der Waals surface area contributed by atoms with Crippen LogP contribution in [0.1, 0.15) is 62.4 Å². The number of benzene rings is 1. The van der Waals surface area contributed by atoms with Gasteiger partial charge in [0.1, 0.15) is 12.8 Å². The third-order valence-corrected chi connectivity index (χ3v) is 10.3. The van der Waals surface area contributed by atoms with Crippen LogP contribution in [0.5, 0.6) is 0 Å². The molecule has 10 heteroatoms. The molecule has 0 amide bonds. The van der Waals surface area contributed by atoms with Crippen molar-refractivity contribution in [2.24, 2.45) is 28.6 Å². The van der Waals surface area contributed by atoms with Crippen molar-refractivity contribution in [3.63, 3.8) is 0 Å². The summed E-state index contributed by atoms with van der Waals surface area (Å²) in [5.41, 5.74) is -2.44. The SMILES string of the molecule is CC(=O)OCC(=O)C1CCC2[C@@H]3C[C@H](F)C4=CC(=O)C=C[C@]4(C)[C@@]3(F)[C@@H](O)C[C@]12C.COC(=O)c1cccc(CN(C)C)c1. The molecule has 0 spiro atoms. The van der Waals surface area contributed by atoms with Gasteiger partial charge in [-0.1, -0.05) is 25.1 Å². The van der Waals surface area contributed by atoms with E-state index in [0.29, 0.717) is 18.4 Å². The van der Waals surface area contributed by atoms with Gasteiger partial charge in [0.25, 0.3) is 0 Å². The summed E-state index contributed by atoms with van der Waals surface area (Å²) in [4.78, 5) is 49.0. The molecule has 4 aliphatic rings. The Balaban J connectivity index is 0.000000265. The molecule has 0 aromatic heterocycles. The summed E-state index contributed by atoms with van der Waals surface area (Å²) in [6.45, 7) is 5.14. The average Bonchev–Trinajstić information content (AvgIpc) is 3.30. The van der Waals surface area contributed by atoms with Crippen LogP contribution >= 0.6 is 0 Å². The molecule has 4 aliphatic carbocycles. The van der Waals surface area contributed by atoms with E-state index in [1.54, 1.807) is 13.0 Å². The predicted molar refractivity (Wildman–Crippen MR) is 159 cm³/mol. The predicted octanol–water partition coefficient (Wildman–Crippen LogP) is 4.59. The van der Waals surface area contributed by atoms with Gasteiger partial charge in [-0.25, -0.2) is 13.6 Å². The van der Waals surface area contributed by atoms with Gasteiger partial charge in [0.15, 0.2) is 17.2 Å². The molecular weight excluding hydrogens is 572 g/mol.